The molecule has 1 N–H and O–H groups in total. The average molecular weight is 348 g/mol. The molecule has 5 nitrogen and oxygen atoms in total. The quantitative estimate of drug-likeness (QED) is 0.764. The van der Waals surface area contributed by atoms with E-state index in [1.165, 1.54) is 5.56 Å². The van der Waals surface area contributed by atoms with E-state index in [2.05, 4.69) is 15.2 Å². The Labute approximate surface area is 154 Å². The number of nitrogens with zero attached hydrogens (tertiary/aromatic N) is 3. The number of carbonyl (C=O) groups excluding carboxylic acids is 1. The molecular weight excluding hydrogens is 324 g/mol. The number of pyridine rings is 1. The van der Waals surface area contributed by atoms with Crippen LogP contribution in [0, 0.1) is 20.8 Å². The van der Waals surface area contributed by atoms with Crippen molar-refractivity contribution in [2.75, 3.05) is 13.6 Å². The Morgan fingerprint density at radius 2 is 2.00 bits per heavy atom. The summed E-state index contributed by atoms with van der Waals surface area (Å²) in [6.07, 6.45) is 4.41. The van der Waals surface area contributed by atoms with Crippen LogP contribution in [0.15, 0.2) is 42.7 Å². The van der Waals surface area contributed by atoms with E-state index in [9.17, 15) is 4.79 Å². The summed E-state index contributed by atoms with van der Waals surface area (Å²) < 4.78 is 0. The molecule has 3 rings (SSSR count). The van der Waals surface area contributed by atoms with Crippen molar-refractivity contribution in [3.8, 4) is 11.1 Å². The molecule has 0 bridgehead atoms. The van der Waals surface area contributed by atoms with Gasteiger partial charge in [0.2, 0.25) is 0 Å². The number of aromatic amines is 1. The van der Waals surface area contributed by atoms with E-state index in [4.69, 9.17) is 0 Å². The number of carbonyl (C=O) groups is 1. The van der Waals surface area contributed by atoms with Crippen LogP contribution < -0.4 is 0 Å². The summed E-state index contributed by atoms with van der Waals surface area (Å²) in [5.74, 6) is 0.0253. The predicted molar refractivity (Wildman–Crippen MR) is 103 cm³/mol. The molecule has 0 aliphatic rings. The van der Waals surface area contributed by atoms with Crippen molar-refractivity contribution in [3.63, 3.8) is 0 Å². The van der Waals surface area contributed by atoms with Crippen molar-refractivity contribution >= 4 is 5.91 Å². The van der Waals surface area contributed by atoms with E-state index in [-0.39, 0.29) is 5.91 Å². The number of aromatic nitrogens is 3. The lowest BCUT2D eigenvalue weighted by Gasteiger charge is -2.18. The molecule has 26 heavy (non-hydrogen) atoms. The first-order valence-corrected chi connectivity index (χ1v) is 8.74. The fraction of sp³-hybridized carbons (Fsp3) is 0.286. The Balaban J connectivity index is 1.75. The van der Waals surface area contributed by atoms with Crippen LogP contribution in [0.25, 0.3) is 11.1 Å². The van der Waals surface area contributed by atoms with Gasteiger partial charge in [-0.1, -0.05) is 12.1 Å². The molecule has 0 spiro atoms. The zero-order valence-corrected chi connectivity index (χ0v) is 15.7. The maximum Gasteiger partial charge on any atom is 0.253 e. The van der Waals surface area contributed by atoms with Crippen LogP contribution in [-0.2, 0) is 6.42 Å². The zero-order valence-electron chi connectivity index (χ0n) is 15.7. The topological polar surface area (TPSA) is 61.9 Å². The van der Waals surface area contributed by atoms with Crippen molar-refractivity contribution in [2.24, 2.45) is 0 Å². The van der Waals surface area contributed by atoms with Gasteiger partial charge in [-0.25, -0.2) is 0 Å². The van der Waals surface area contributed by atoms with Gasteiger partial charge in [0.15, 0.2) is 0 Å². The summed E-state index contributed by atoms with van der Waals surface area (Å²) in [5, 5.41) is 7.21. The van der Waals surface area contributed by atoms with Crippen molar-refractivity contribution < 1.29 is 4.79 Å². The van der Waals surface area contributed by atoms with Gasteiger partial charge in [0.05, 0.1) is 5.69 Å². The van der Waals surface area contributed by atoms with E-state index < -0.39 is 0 Å². The first-order valence-electron chi connectivity index (χ1n) is 8.74. The standard InChI is InChI=1S/C21H24N4O/c1-14-13-22-10-8-19(14)17-6-5-7-18(12-17)21(26)25(4)11-9-20-15(2)23-24-16(20)3/h5-8,10,12-13H,9,11H2,1-4H3,(H,23,24). The van der Waals surface area contributed by atoms with Gasteiger partial charge in [0.25, 0.3) is 5.91 Å². The molecule has 0 aliphatic carbocycles. The number of aryl methyl sites for hydroxylation is 3. The summed E-state index contributed by atoms with van der Waals surface area (Å²) in [5.41, 5.74) is 7.17. The molecule has 0 saturated carbocycles. The number of hydrogen-bond donors (Lipinski definition) is 1. The predicted octanol–water partition coefficient (Wildman–Crippen LogP) is 3.71. The average Bonchev–Trinajstić information content (AvgIpc) is 2.97. The fourth-order valence-corrected chi connectivity index (χ4v) is 3.16. The molecule has 0 radical (unpaired) electrons. The second-order valence-corrected chi connectivity index (χ2v) is 6.66. The number of rotatable bonds is 5. The molecule has 2 heterocycles. The molecule has 134 valence electrons. The van der Waals surface area contributed by atoms with Crippen LogP contribution in [0.1, 0.15) is 32.9 Å². The van der Waals surface area contributed by atoms with Crippen LogP contribution in [0.4, 0.5) is 0 Å². The molecule has 0 unspecified atom stereocenters. The van der Waals surface area contributed by atoms with Gasteiger partial charge in [-0.3, -0.25) is 14.9 Å². The fourth-order valence-electron chi connectivity index (χ4n) is 3.16. The van der Waals surface area contributed by atoms with E-state index in [0.29, 0.717) is 12.1 Å². The highest BCUT2D eigenvalue weighted by molar-refractivity contribution is 5.95. The van der Waals surface area contributed by atoms with Gasteiger partial charge in [-0.15, -0.1) is 0 Å². The minimum absolute atomic E-state index is 0.0253. The molecule has 5 heteroatoms. The van der Waals surface area contributed by atoms with Crippen LogP contribution in [-0.4, -0.2) is 39.6 Å². The summed E-state index contributed by atoms with van der Waals surface area (Å²) in [4.78, 5) is 18.7. The molecule has 0 atom stereocenters. The normalized spacial score (nSPS) is 10.8. The number of hydrogen-bond acceptors (Lipinski definition) is 3. The van der Waals surface area contributed by atoms with Crippen molar-refractivity contribution in [3.05, 3.63) is 70.8 Å². The van der Waals surface area contributed by atoms with Crippen molar-refractivity contribution in [1.29, 1.82) is 0 Å². The lowest BCUT2D eigenvalue weighted by Crippen LogP contribution is -2.29. The molecule has 1 aromatic carbocycles. The summed E-state index contributed by atoms with van der Waals surface area (Å²) in [7, 11) is 1.84. The largest absolute Gasteiger partial charge is 0.341 e. The Morgan fingerprint density at radius 3 is 2.69 bits per heavy atom. The molecule has 3 aromatic rings. The second-order valence-electron chi connectivity index (χ2n) is 6.66. The van der Waals surface area contributed by atoms with Gasteiger partial charge in [0.1, 0.15) is 0 Å². The maximum absolute atomic E-state index is 12.8. The number of likely N-dealkylation sites (N-methyl/N-ethyl adjacent to an activating group) is 1. The molecule has 1 amide bonds. The van der Waals surface area contributed by atoms with E-state index in [1.54, 1.807) is 11.1 Å². The van der Waals surface area contributed by atoms with Crippen LogP contribution in [0.3, 0.4) is 0 Å². The summed E-state index contributed by atoms with van der Waals surface area (Å²) in [6, 6.07) is 9.76. The van der Waals surface area contributed by atoms with Crippen LogP contribution in [0.2, 0.25) is 0 Å². The Morgan fingerprint density at radius 1 is 1.19 bits per heavy atom. The SMILES string of the molecule is Cc1cnccc1-c1cccc(C(=O)N(C)CCc2c(C)n[nH]c2C)c1. The van der Waals surface area contributed by atoms with Gasteiger partial charge < -0.3 is 4.90 Å². The number of nitrogens with one attached hydrogen (secondary N) is 1. The van der Waals surface area contributed by atoms with Crippen LogP contribution >= 0.6 is 0 Å². The first kappa shape index (κ1) is 17.9. The highest BCUT2D eigenvalue weighted by Gasteiger charge is 2.14. The van der Waals surface area contributed by atoms with Gasteiger partial charge in [-0.05, 0) is 67.6 Å². The smallest absolute Gasteiger partial charge is 0.253 e. The van der Waals surface area contributed by atoms with E-state index in [0.717, 1.165) is 34.5 Å². The van der Waals surface area contributed by atoms with Gasteiger partial charge in [0, 0.05) is 37.2 Å². The maximum atomic E-state index is 12.8. The highest BCUT2D eigenvalue weighted by atomic mass is 16.2. The third-order valence-electron chi connectivity index (χ3n) is 4.77. The lowest BCUT2D eigenvalue weighted by atomic mass is 10.00. The van der Waals surface area contributed by atoms with Gasteiger partial charge >= 0.3 is 0 Å². The number of amides is 1. The van der Waals surface area contributed by atoms with Crippen LogP contribution in [0.5, 0.6) is 0 Å². The third kappa shape index (κ3) is 3.67. The summed E-state index contributed by atoms with van der Waals surface area (Å²) >= 11 is 0. The molecular formula is C21H24N4O. The minimum Gasteiger partial charge on any atom is -0.341 e. The molecule has 0 saturated heterocycles. The van der Waals surface area contributed by atoms with Crippen molar-refractivity contribution in [1.82, 2.24) is 20.1 Å². The summed E-state index contributed by atoms with van der Waals surface area (Å²) in [6.45, 7) is 6.68. The highest BCUT2D eigenvalue weighted by Crippen LogP contribution is 2.23. The monoisotopic (exact) mass is 348 g/mol. The molecule has 2 aromatic heterocycles. The Kier molecular flexibility index (Phi) is 5.16. The Hall–Kier alpha value is -2.95. The van der Waals surface area contributed by atoms with Crippen molar-refractivity contribution in [2.45, 2.75) is 27.2 Å². The number of benzene rings is 1. The number of H-pyrrole nitrogens is 1. The Bertz CT molecular complexity index is 910. The zero-order chi connectivity index (χ0) is 18.7. The minimum atomic E-state index is 0.0253. The third-order valence-corrected chi connectivity index (χ3v) is 4.77. The molecule has 0 aliphatic heterocycles. The van der Waals surface area contributed by atoms with E-state index >= 15 is 0 Å². The molecule has 0 fully saturated rings. The van der Waals surface area contributed by atoms with E-state index in [1.807, 2.05) is 64.3 Å². The lowest BCUT2D eigenvalue weighted by molar-refractivity contribution is 0.0796. The van der Waals surface area contributed by atoms with Gasteiger partial charge in [-0.2, -0.15) is 5.10 Å². The first-order chi connectivity index (χ1) is 12.5. The second kappa shape index (κ2) is 7.52.